The number of hydrogen-bond donors (Lipinski definition) is 1. The largest absolute Gasteiger partial charge is 0.381 e. The molecule has 0 aromatic heterocycles. The normalized spacial score (nSPS) is 32.3. The fourth-order valence-electron chi connectivity index (χ4n) is 3.89. The predicted molar refractivity (Wildman–Crippen MR) is 76.8 cm³/mol. The van der Waals surface area contributed by atoms with Crippen LogP contribution in [0.5, 0.6) is 0 Å². The first kappa shape index (κ1) is 14.3. The molecular formula is C16H31NO. The van der Waals surface area contributed by atoms with Gasteiger partial charge < -0.3 is 10.1 Å². The second-order valence-corrected chi connectivity index (χ2v) is 6.29. The first-order valence-corrected chi connectivity index (χ1v) is 8.12. The van der Waals surface area contributed by atoms with E-state index in [0.29, 0.717) is 6.10 Å². The van der Waals surface area contributed by atoms with Crippen molar-refractivity contribution in [2.75, 3.05) is 7.11 Å². The molecule has 0 radical (unpaired) electrons. The highest BCUT2D eigenvalue weighted by atomic mass is 16.5. The summed E-state index contributed by atoms with van der Waals surface area (Å²) in [6.45, 7) is 2.35. The van der Waals surface area contributed by atoms with Crippen molar-refractivity contribution in [3.05, 3.63) is 0 Å². The van der Waals surface area contributed by atoms with Gasteiger partial charge in [0.15, 0.2) is 0 Å². The van der Waals surface area contributed by atoms with Crippen LogP contribution in [0.1, 0.15) is 71.1 Å². The standard InChI is InChI=1S/C16H31NO/c1-3-16(13-7-5-4-6-8-13)17-14-9-11-15(18-2)12-10-14/h13-17H,3-12H2,1-2H3. The smallest absolute Gasteiger partial charge is 0.0572 e. The Labute approximate surface area is 113 Å². The molecule has 2 saturated carbocycles. The van der Waals surface area contributed by atoms with Gasteiger partial charge in [0.2, 0.25) is 0 Å². The third kappa shape index (κ3) is 3.96. The monoisotopic (exact) mass is 253 g/mol. The Morgan fingerprint density at radius 2 is 1.67 bits per heavy atom. The van der Waals surface area contributed by atoms with Crippen molar-refractivity contribution in [1.82, 2.24) is 5.32 Å². The van der Waals surface area contributed by atoms with Gasteiger partial charge in [0.25, 0.3) is 0 Å². The second-order valence-electron chi connectivity index (χ2n) is 6.29. The van der Waals surface area contributed by atoms with E-state index in [1.54, 1.807) is 0 Å². The third-order valence-corrected chi connectivity index (χ3v) is 5.12. The minimum absolute atomic E-state index is 0.526. The van der Waals surface area contributed by atoms with Gasteiger partial charge in [0, 0.05) is 19.2 Å². The van der Waals surface area contributed by atoms with Crippen LogP contribution in [0.4, 0.5) is 0 Å². The van der Waals surface area contributed by atoms with Gasteiger partial charge in [-0.3, -0.25) is 0 Å². The van der Waals surface area contributed by atoms with Crippen LogP contribution < -0.4 is 5.32 Å². The van der Waals surface area contributed by atoms with E-state index < -0.39 is 0 Å². The zero-order chi connectivity index (χ0) is 12.8. The van der Waals surface area contributed by atoms with Crippen LogP contribution in [0.25, 0.3) is 0 Å². The van der Waals surface area contributed by atoms with E-state index in [0.717, 1.165) is 18.0 Å². The molecule has 0 heterocycles. The summed E-state index contributed by atoms with van der Waals surface area (Å²) < 4.78 is 5.46. The van der Waals surface area contributed by atoms with Crippen LogP contribution >= 0.6 is 0 Å². The first-order chi connectivity index (χ1) is 8.83. The Kier molecular flexibility index (Phi) is 5.97. The zero-order valence-electron chi connectivity index (χ0n) is 12.3. The summed E-state index contributed by atoms with van der Waals surface area (Å²) in [5.41, 5.74) is 0. The Balaban J connectivity index is 1.76. The van der Waals surface area contributed by atoms with Crippen molar-refractivity contribution in [3.63, 3.8) is 0 Å². The molecule has 2 aliphatic carbocycles. The molecule has 106 valence electrons. The van der Waals surface area contributed by atoms with Crippen LogP contribution in [-0.2, 0) is 4.74 Å². The summed E-state index contributed by atoms with van der Waals surface area (Å²) in [5, 5.41) is 3.96. The maximum absolute atomic E-state index is 5.46. The maximum Gasteiger partial charge on any atom is 0.0572 e. The van der Waals surface area contributed by atoms with E-state index in [2.05, 4.69) is 12.2 Å². The van der Waals surface area contributed by atoms with E-state index in [1.165, 1.54) is 64.2 Å². The zero-order valence-corrected chi connectivity index (χ0v) is 12.3. The summed E-state index contributed by atoms with van der Waals surface area (Å²) >= 11 is 0. The fraction of sp³-hybridized carbons (Fsp3) is 1.00. The lowest BCUT2D eigenvalue weighted by atomic mass is 9.82. The molecule has 0 saturated heterocycles. The highest BCUT2D eigenvalue weighted by Gasteiger charge is 2.27. The number of methoxy groups -OCH3 is 1. The van der Waals surface area contributed by atoms with Crippen molar-refractivity contribution >= 4 is 0 Å². The molecule has 2 aliphatic rings. The lowest BCUT2D eigenvalue weighted by Gasteiger charge is -2.36. The molecule has 18 heavy (non-hydrogen) atoms. The summed E-state index contributed by atoms with van der Waals surface area (Å²) in [6, 6.07) is 1.53. The number of ether oxygens (including phenoxy) is 1. The Bertz CT molecular complexity index is 217. The van der Waals surface area contributed by atoms with Gasteiger partial charge >= 0.3 is 0 Å². The van der Waals surface area contributed by atoms with Crippen molar-refractivity contribution in [3.8, 4) is 0 Å². The fourth-order valence-corrected chi connectivity index (χ4v) is 3.89. The van der Waals surface area contributed by atoms with E-state index in [1.807, 2.05) is 7.11 Å². The summed E-state index contributed by atoms with van der Waals surface area (Å²) in [6.07, 6.45) is 14.2. The molecule has 0 aromatic rings. The summed E-state index contributed by atoms with van der Waals surface area (Å²) in [5.74, 6) is 0.948. The van der Waals surface area contributed by atoms with E-state index >= 15 is 0 Å². The number of rotatable bonds is 5. The number of nitrogens with one attached hydrogen (secondary N) is 1. The Morgan fingerprint density at radius 1 is 1.00 bits per heavy atom. The van der Waals surface area contributed by atoms with E-state index in [4.69, 9.17) is 4.74 Å². The molecular weight excluding hydrogens is 222 g/mol. The molecule has 0 spiro atoms. The molecule has 0 aromatic carbocycles. The summed E-state index contributed by atoms with van der Waals surface area (Å²) in [7, 11) is 1.86. The van der Waals surface area contributed by atoms with E-state index in [-0.39, 0.29) is 0 Å². The molecule has 2 fully saturated rings. The highest BCUT2D eigenvalue weighted by molar-refractivity contribution is 4.84. The lowest BCUT2D eigenvalue weighted by molar-refractivity contribution is 0.0591. The predicted octanol–water partition coefficient (Wildman–Crippen LogP) is 3.89. The molecule has 1 atom stereocenters. The second kappa shape index (κ2) is 7.49. The van der Waals surface area contributed by atoms with Crippen LogP contribution in [0.2, 0.25) is 0 Å². The molecule has 0 amide bonds. The Hall–Kier alpha value is -0.0800. The quantitative estimate of drug-likeness (QED) is 0.802. The molecule has 0 aliphatic heterocycles. The van der Waals surface area contributed by atoms with Crippen LogP contribution in [0.3, 0.4) is 0 Å². The number of hydrogen-bond acceptors (Lipinski definition) is 2. The van der Waals surface area contributed by atoms with Gasteiger partial charge in [-0.1, -0.05) is 26.2 Å². The molecule has 1 N–H and O–H groups in total. The van der Waals surface area contributed by atoms with Crippen molar-refractivity contribution < 1.29 is 4.74 Å². The van der Waals surface area contributed by atoms with Gasteiger partial charge in [0.1, 0.15) is 0 Å². The van der Waals surface area contributed by atoms with Crippen LogP contribution in [-0.4, -0.2) is 25.3 Å². The van der Waals surface area contributed by atoms with Crippen LogP contribution in [0, 0.1) is 5.92 Å². The minimum Gasteiger partial charge on any atom is -0.381 e. The molecule has 0 bridgehead atoms. The average molecular weight is 253 g/mol. The molecule has 1 unspecified atom stereocenters. The highest BCUT2D eigenvalue weighted by Crippen LogP contribution is 2.29. The minimum atomic E-state index is 0.526. The van der Waals surface area contributed by atoms with Gasteiger partial charge in [0.05, 0.1) is 6.10 Å². The topological polar surface area (TPSA) is 21.3 Å². The average Bonchev–Trinajstić information content (AvgIpc) is 2.46. The lowest BCUT2D eigenvalue weighted by Crippen LogP contribution is -2.45. The third-order valence-electron chi connectivity index (χ3n) is 5.12. The molecule has 2 rings (SSSR count). The maximum atomic E-state index is 5.46. The van der Waals surface area contributed by atoms with Gasteiger partial charge in [-0.05, 0) is 50.9 Å². The van der Waals surface area contributed by atoms with Crippen molar-refractivity contribution in [1.29, 1.82) is 0 Å². The van der Waals surface area contributed by atoms with Gasteiger partial charge in [-0.15, -0.1) is 0 Å². The van der Waals surface area contributed by atoms with Crippen molar-refractivity contribution in [2.45, 2.75) is 89.3 Å². The van der Waals surface area contributed by atoms with Crippen molar-refractivity contribution in [2.24, 2.45) is 5.92 Å². The van der Waals surface area contributed by atoms with Gasteiger partial charge in [-0.25, -0.2) is 0 Å². The molecule has 2 heteroatoms. The SMILES string of the molecule is CCC(NC1CCC(OC)CC1)C1CCCCC1. The van der Waals surface area contributed by atoms with Crippen LogP contribution in [0.15, 0.2) is 0 Å². The molecule has 2 nitrogen and oxygen atoms in total. The van der Waals surface area contributed by atoms with E-state index in [9.17, 15) is 0 Å². The first-order valence-electron chi connectivity index (χ1n) is 8.12. The van der Waals surface area contributed by atoms with Gasteiger partial charge in [-0.2, -0.15) is 0 Å². The Morgan fingerprint density at radius 3 is 2.22 bits per heavy atom. The summed E-state index contributed by atoms with van der Waals surface area (Å²) in [4.78, 5) is 0.